The highest BCUT2D eigenvalue weighted by molar-refractivity contribution is 5.95. The molecule has 0 bridgehead atoms. The van der Waals surface area contributed by atoms with Gasteiger partial charge in [-0.2, -0.15) is 0 Å². The normalized spacial score (nSPS) is 13.0. The minimum absolute atomic E-state index is 0.0190. The molecule has 124 valence electrons. The first-order valence-electron chi connectivity index (χ1n) is 7.71. The summed E-state index contributed by atoms with van der Waals surface area (Å²) in [6.45, 7) is 9.27. The average Bonchev–Trinajstić information content (AvgIpc) is 2.49. The van der Waals surface area contributed by atoms with Crippen molar-refractivity contribution in [2.75, 3.05) is 18.5 Å². The third kappa shape index (κ3) is 3.96. The molecular weight excluding hydrogens is 294 g/mol. The van der Waals surface area contributed by atoms with Crippen molar-refractivity contribution in [2.24, 2.45) is 5.41 Å². The van der Waals surface area contributed by atoms with Crippen LogP contribution in [0.15, 0.2) is 30.5 Å². The first kappa shape index (κ1) is 17.1. The number of ether oxygens (including phenoxy) is 1. The third-order valence-electron chi connectivity index (χ3n) is 3.80. The number of pyridine rings is 1. The maximum atomic E-state index is 11.4. The van der Waals surface area contributed by atoms with E-state index < -0.39 is 4.92 Å². The van der Waals surface area contributed by atoms with Gasteiger partial charge in [-0.15, -0.1) is 0 Å². The van der Waals surface area contributed by atoms with Crippen molar-refractivity contribution < 1.29 is 9.66 Å². The van der Waals surface area contributed by atoms with E-state index in [0.717, 1.165) is 10.9 Å². The SMILES string of the molecule is CCOCC(Nc1c([N+](=O)[O-])cnc2ccccc12)C(C)(C)C. The summed E-state index contributed by atoms with van der Waals surface area (Å²) in [7, 11) is 0. The molecule has 0 radical (unpaired) electrons. The highest BCUT2D eigenvalue weighted by Gasteiger charge is 2.28. The van der Waals surface area contributed by atoms with E-state index in [2.05, 4.69) is 31.1 Å². The van der Waals surface area contributed by atoms with Crippen molar-refractivity contribution in [2.45, 2.75) is 33.7 Å². The van der Waals surface area contributed by atoms with Crippen LogP contribution >= 0.6 is 0 Å². The number of rotatable bonds is 6. The van der Waals surface area contributed by atoms with Crippen molar-refractivity contribution in [3.8, 4) is 0 Å². The monoisotopic (exact) mass is 317 g/mol. The molecule has 1 heterocycles. The standard InChI is InChI=1S/C17H23N3O3/c1-5-23-11-15(17(2,3)4)19-16-12-8-6-7-9-13(12)18-10-14(16)20(21)22/h6-10,15H,5,11H2,1-4H3,(H,18,19). The number of hydrogen-bond acceptors (Lipinski definition) is 5. The lowest BCUT2D eigenvalue weighted by molar-refractivity contribution is -0.384. The molecular formula is C17H23N3O3. The summed E-state index contributed by atoms with van der Waals surface area (Å²) in [5, 5.41) is 15.5. The molecule has 23 heavy (non-hydrogen) atoms. The maximum absolute atomic E-state index is 11.4. The molecule has 2 rings (SSSR count). The van der Waals surface area contributed by atoms with Gasteiger partial charge in [0.25, 0.3) is 0 Å². The van der Waals surface area contributed by atoms with Gasteiger partial charge in [0.05, 0.1) is 23.1 Å². The fourth-order valence-corrected chi connectivity index (χ4v) is 2.34. The Kier molecular flexibility index (Phi) is 5.15. The predicted octanol–water partition coefficient (Wildman–Crippen LogP) is 4.01. The Morgan fingerprint density at radius 2 is 2.04 bits per heavy atom. The van der Waals surface area contributed by atoms with Gasteiger partial charge in [-0.3, -0.25) is 10.1 Å². The van der Waals surface area contributed by atoms with Gasteiger partial charge in [-0.25, -0.2) is 4.98 Å². The maximum Gasteiger partial charge on any atom is 0.311 e. The fraction of sp³-hybridized carbons (Fsp3) is 0.471. The molecule has 0 aliphatic rings. The van der Waals surface area contributed by atoms with E-state index >= 15 is 0 Å². The summed E-state index contributed by atoms with van der Waals surface area (Å²) in [4.78, 5) is 15.2. The molecule has 1 aromatic heterocycles. The van der Waals surface area contributed by atoms with Crippen molar-refractivity contribution in [1.29, 1.82) is 0 Å². The average molecular weight is 317 g/mol. The number of aromatic nitrogens is 1. The van der Waals surface area contributed by atoms with Crippen LogP contribution in [0.1, 0.15) is 27.7 Å². The van der Waals surface area contributed by atoms with Gasteiger partial charge in [0.1, 0.15) is 11.9 Å². The summed E-state index contributed by atoms with van der Waals surface area (Å²) < 4.78 is 5.56. The number of benzene rings is 1. The number of para-hydroxylation sites is 1. The van der Waals surface area contributed by atoms with E-state index in [1.54, 1.807) is 0 Å². The summed E-state index contributed by atoms with van der Waals surface area (Å²) in [6, 6.07) is 7.35. The van der Waals surface area contributed by atoms with E-state index in [1.165, 1.54) is 6.20 Å². The number of hydrogen-bond donors (Lipinski definition) is 1. The quantitative estimate of drug-likeness (QED) is 0.643. The van der Waals surface area contributed by atoms with Gasteiger partial charge in [0.2, 0.25) is 0 Å². The molecule has 0 fully saturated rings. The van der Waals surface area contributed by atoms with Crippen molar-refractivity contribution >= 4 is 22.3 Å². The smallest absolute Gasteiger partial charge is 0.311 e. The number of fused-ring (bicyclic) bond motifs is 1. The number of nitrogens with zero attached hydrogens (tertiary/aromatic N) is 2. The Bertz CT molecular complexity index is 695. The molecule has 0 aliphatic heterocycles. The van der Waals surface area contributed by atoms with Gasteiger partial charge in [-0.05, 0) is 18.4 Å². The first-order chi connectivity index (χ1) is 10.8. The molecule has 1 aromatic carbocycles. The molecule has 0 spiro atoms. The van der Waals surface area contributed by atoms with Crippen LogP contribution in [0.5, 0.6) is 0 Å². The second-order valence-corrected chi connectivity index (χ2v) is 6.52. The van der Waals surface area contributed by atoms with Gasteiger partial charge in [0, 0.05) is 12.0 Å². The van der Waals surface area contributed by atoms with E-state index in [1.807, 2.05) is 31.2 Å². The Morgan fingerprint density at radius 3 is 2.65 bits per heavy atom. The predicted molar refractivity (Wildman–Crippen MR) is 91.8 cm³/mol. The van der Waals surface area contributed by atoms with E-state index in [-0.39, 0.29) is 17.1 Å². The summed E-state index contributed by atoms with van der Waals surface area (Å²) in [5.74, 6) is 0. The van der Waals surface area contributed by atoms with E-state index in [9.17, 15) is 10.1 Å². The van der Waals surface area contributed by atoms with Crippen LogP contribution in [0.4, 0.5) is 11.4 Å². The van der Waals surface area contributed by atoms with Gasteiger partial charge >= 0.3 is 5.69 Å². The Balaban J connectivity index is 2.50. The molecule has 0 saturated heterocycles. The molecule has 1 atom stereocenters. The second-order valence-electron chi connectivity index (χ2n) is 6.52. The molecule has 1 N–H and O–H groups in total. The van der Waals surface area contributed by atoms with Crippen LogP contribution in [0.25, 0.3) is 10.9 Å². The van der Waals surface area contributed by atoms with Gasteiger partial charge in [0.15, 0.2) is 0 Å². The molecule has 1 unspecified atom stereocenters. The zero-order chi connectivity index (χ0) is 17.0. The van der Waals surface area contributed by atoms with Gasteiger partial charge in [-0.1, -0.05) is 39.0 Å². The third-order valence-corrected chi connectivity index (χ3v) is 3.80. The Labute approximate surface area is 136 Å². The largest absolute Gasteiger partial charge is 0.380 e. The minimum atomic E-state index is -0.401. The highest BCUT2D eigenvalue weighted by atomic mass is 16.6. The summed E-state index contributed by atoms with van der Waals surface area (Å²) in [5.41, 5.74) is 1.09. The van der Waals surface area contributed by atoms with Crippen molar-refractivity contribution in [3.63, 3.8) is 0 Å². The lowest BCUT2D eigenvalue weighted by Crippen LogP contribution is -2.38. The van der Waals surface area contributed by atoms with E-state index in [0.29, 0.717) is 18.9 Å². The topological polar surface area (TPSA) is 77.3 Å². The van der Waals surface area contributed by atoms with Crippen LogP contribution < -0.4 is 5.32 Å². The second kappa shape index (κ2) is 6.91. The Hall–Kier alpha value is -2.21. The lowest BCUT2D eigenvalue weighted by Gasteiger charge is -2.32. The van der Waals surface area contributed by atoms with Crippen LogP contribution in [-0.2, 0) is 4.74 Å². The van der Waals surface area contributed by atoms with Crippen LogP contribution in [0, 0.1) is 15.5 Å². The first-order valence-corrected chi connectivity index (χ1v) is 7.71. The van der Waals surface area contributed by atoms with E-state index in [4.69, 9.17) is 4.74 Å². The fourth-order valence-electron chi connectivity index (χ4n) is 2.34. The number of nitro groups is 1. The van der Waals surface area contributed by atoms with Crippen molar-refractivity contribution in [3.05, 3.63) is 40.6 Å². The number of anilines is 1. The number of nitrogens with one attached hydrogen (secondary N) is 1. The lowest BCUT2D eigenvalue weighted by atomic mass is 9.87. The zero-order valence-electron chi connectivity index (χ0n) is 14.0. The Morgan fingerprint density at radius 1 is 1.35 bits per heavy atom. The summed E-state index contributed by atoms with van der Waals surface area (Å²) >= 11 is 0. The highest BCUT2D eigenvalue weighted by Crippen LogP contribution is 2.34. The molecule has 2 aromatic rings. The molecule has 0 aliphatic carbocycles. The van der Waals surface area contributed by atoms with Crippen LogP contribution in [0.3, 0.4) is 0 Å². The molecule has 6 heteroatoms. The van der Waals surface area contributed by atoms with Crippen LogP contribution in [0.2, 0.25) is 0 Å². The van der Waals surface area contributed by atoms with Gasteiger partial charge < -0.3 is 10.1 Å². The minimum Gasteiger partial charge on any atom is -0.380 e. The molecule has 0 amide bonds. The summed E-state index contributed by atoms with van der Waals surface area (Å²) in [6.07, 6.45) is 1.31. The van der Waals surface area contributed by atoms with Crippen LogP contribution in [-0.4, -0.2) is 29.2 Å². The zero-order valence-corrected chi connectivity index (χ0v) is 14.0. The van der Waals surface area contributed by atoms with Crippen molar-refractivity contribution in [1.82, 2.24) is 4.98 Å². The molecule has 6 nitrogen and oxygen atoms in total. The molecule has 0 saturated carbocycles.